The molecular weight excluding hydrogens is 252 g/mol. The number of carboxylic acid groups (broad SMARTS) is 1. The molecule has 18 heavy (non-hydrogen) atoms. The Labute approximate surface area is 108 Å². The predicted molar refractivity (Wildman–Crippen MR) is 69.4 cm³/mol. The maximum Gasteiger partial charge on any atom is 0.345 e. The second-order valence-corrected chi connectivity index (χ2v) is 5.14. The summed E-state index contributed by atoms with van der Waals surface area (Å²) in [5.74, 6) is -0.929. The van der Waals surface area contributed by atoms with Crippen LogP contribution in [-0.4, -0.2) is 20.2 Å². The Morgan fingerprint density at radius 3 is 2.67 bits per heavy atom. The minimum Gasteiger partial charge on any atom is -0.477 e. The van der Waals surface area contributed by atoms with E-state index >= 15 is 0 Å². The summed E-state index contributed by atoms with van der Waals surface area (Å²) < 4.78 is 3.25. The second kappa shape index (κ2) is 5.22. The van der Waals surface area contributed by atoms with Crippen LogP contribution in [0.3, 0.4) is 0 Å². The fourth-order valence-corrected chi connectivity index (χ4v) is 2.58. The van der Waals surface area contributed by atoms with E-state index in [9.17, 15) is 9.59 Å². The summed E-state index contributed by atoms with van der Waals surface area (Å²) >= 11 is 1.20. The monoisotopic (exact) mass is 266 g/mol. The van der Waals surface area contributed by atoms with E-state index in [0.29, 0.717) is 18.0 Å². The Hall–Kier alpha value is -1.82. The lowest BCUT2D eigenvalue weighted by atomic mass is 10.4. The number of nitrogens with zero attached hydrogens (tertiary/aromatic N) is 2. The fraction of sp³-hybridized carbons (Fsp3) is 0.333. The number of carbonyl (C=O) groups is 1. The molecule has 2 heterocycles. The molecule has 2 aromatic heterocycles. The van der Waals surface area contributed by atoms with Gasteiger partial charge in [0.1, 0.15) is 4.88 Å². The number of carboxylic acids is 1. The van der Waals surface area contributed by atoms with Crippen LogP contribution in [0.15, 0.2) is 29.3 Å². The summed E-state index contributed by atoms with van der Waals surface area (Å²) in [5.41, 5.74) is -0.0536. The van der Waals surface area contributed by atoms with Crippen molar-refractivity contribution in [3.8, 4) is 0 Å². The first-order chi connectivity index (χ1) is 8.61. The molecule has 0 fully saturated rings. The van der Waals surface area contributed by atoms with Crippen LogP contribution >= 0.6 is 11.3 Å². The van der Waals surface area contributed by atoms with E-state index in [4.69, 9.17) is 5.11 Å². The summed E-state index contributed by atoms with van der Waals surface area (Å²) in [6.45, 7) is 3.15. The first kappa shape index (κ1) is 12.6. The van der Waals surface area contributed by atoms with Gasteiger partial charge in [0.15, 0.2) is 0 Å². The molecule has 2 rings (SSSR count). The molecule has 0 aliphatic rings. The zero-order valence-electron chi connectivity index (χ0n) is 10.00. The quantitative estimate of drug-likeness (QED) is 0.898. The molecule has 0 aliphatic heterocycles. The number of imidazole rings is 1. The Bertz CT molecular complexity index is 609. The smallest absolute Gasteiger partial charge is 0.345 e. The van der Waals surface area contributed by atoms with Crippen LogP contribution in [-0.2, 0) is 13.1 Å². The van der Waals surface area contributed by atoms with Gasteiger partial charge in [-0.25, -0.2) is 9.59 Å². The van der Waals surface area contributed by atoms with Gasteiger partial charge >= 0.3 is 11.7 Å². The minimum absolute atomic E-state index is 0.0536. The maximum atomic E-state index is 11.9. The van der Waals surface area contributed by atoms with Crippen molar-refractivity contribution in [3.05, 3.63) is 44.8 Å². The topological polar surface area (TPSA) is 64.2 Å². The van der Waals surface area contributed by atoms with Gasteiger partial charge in [-0.05, 0) is 18.6 Å². The molecule has 0 aromatic carbocycles. The van der Waals surface area contributed by atoms with Gasteiger partial charge in [0.05, 0.1) is 6.54 Å². The van der Waals surface area contributed by atoms with Crippen molar-refractivity contribution >= 4 is 17.3 Å². The number of rotatable bonds is 5. The molecule has 0 aliphatic carbocycles. The predicted octanol–water partition coefficient (Wildman–Crippen LogP) is 1.87. The van der Waals surface area contributed by atoms with Gasteiger partial charge in [0, 0.05) is 23.8 Å². The van der Waals surface area contributed by atoms with Crippen molar-refractivity contribution in [1.29, 1.82) is 0 Å². The molecule has 0 spiro atoms. The van der Waals surface area contributed by atoms with Gasteiger partial charge in [0.25, 0.3) is 0 Å². The molecule has 0 amide bonds. The van der Waals surface area contributed by atoms with Crippen molar-refractivity contribution in [2.45, 2.75) is 26.4 Å². The van der Waals surface area contributed by atoms with E-state index in [1.165, 1.54) is 11.3 Å². The number of aromatic nitrogens is 2. The van der Waals surface area contributed by atoms with Crippen LogP contribution in [0.2, 0.25) is 0 Å². The normalized spacial score (nSPS) is 10.7. The summed E-state index contributed by atoms with van der Waals surface area (Å²) in [5, 5.41) is 8.83. The van der Waals surface area contributed by atoms with E-state index in [1.54, 1.807) is 33.7 Å². The van der Waals surface area contributed by atoms with Crippen LogP contribution in [0.25, 0.3) is 0 Å². The van der Waals surface area contributed by atoms with E-state index in [0.717, 1.165) is 11.3 Å². The lowest BCUT2D eigenvalue weighted by Crippen LogP contribution is -2.24. The summed E-state index contributed by atoms with van der Waals surface area (Å²) in [6, 6.07) is 3.31. The van der Waals surface area contributed by atoms with Gasteiger partial charge < -0.3 is 5.11 Å². The third kappa shape index (κ3) is 2.53. The molecule has 0 unspecified atom stereocenters. The summed E-state index contributed by atoms with van der Waals surface area (Å²) in [4.78, 5) is 23.8. The number of aryl methyl sites for hydroxylation is 1. The Kier molecular flexibility index (Phi) is 3.66. The average molecular weight is 266 g/mol. The Morgan fingerprint density at radius 1 is 1.33 bits per heavy atom. The third-order valence-electron chi connectivity index (χ3n) is 2.58. The number of thiophene rings is 1. The van der Waals surface area contributed by atoms with Crippen molar-refractivity contribution in [1.82, 2.24) is 9.13 Å². The molecule has 1 N–H and O–H groups in total. The first-order valence-corrected chi connectivity index (χ1v) is 6.51. The van der Waals surface area contributed by atoms with E-state index < -0.39 is 5.97 Å². The molecule has 2 aromatic rings. The lowest BCUT2D eigenvalue weighted by molar-refractivity contribution is 0.0702. The highest BCUT2D eigenvalue weighted by Gasteiger charge is 2.09. The van der Waals surface area contributed by atoms with Crippen molar-refractivity contribution in [2.24, 2.45) is 0 Å². The zero-order chi connectivity index (χ0) is 13.1. The largest absolute Gasteiger partial charge is 0.477 e. The molecule has 0 bridgehead atoms. The highest BCUT2D eigenvalue weighted by Crippen LogP contribution is 2.17. The van der Waals surface area contributed by atoms with Gasteiger partial charge in [-0.2, -0.15) is 0 Å². The van der Waals surface area contributed by atoms with E-state index in [2.05, 4.69) is 0 Å². The second-order valence-electron chi connectivity index (χ2n) is 3.97. The van der Waals surface area contributed by atoms with Gasteiger partial charge in [0.2, 0.25) is 0 Å². The molecular formula is C12H14N2O3S. The van der Waals surface area contributed by atoms with E-state index in [1.807, 2.05) is 6.92 Å². The van der Waals surface area contributed by atoms with Crippen LogP contribution in [0.1, 0.15) is 27.9 Å². The van der Waals surface area contributed by atoms with Gasteiger partial charge in [-0.15, -0.1) is 11.3 Å². The van der Waals surface area contributed by atoms with E-state index in [-0.39, 0.29) is 5.69 Å². The van der Waals surface area contributed by atoms with Crippen LogP contribution in [0.4, 0.5) is 0 Å². The lowest BCUT2D eigenvalue weighted by Gasteiger charge is -1.99. The number of hydrogen-bond donors (Lipinski definition) is 1. The zero-order valence-corrected chi connectivity index (χ0v) is 10.8. The summed E-state index contributed by atoms with van der Waals surface area (Å²) in [6.07, 6.45) is 4.40. The van der Waals surface area contributed by atoms with Crippen LogP contribution in [0, 0.1) is 0 Å². The first-order valence-electron chi connectivity index (χ1n) is 5.69. The minimum atomic E-state index is -0.929. The van der Waals surface area contributed by atoms with Crippen molar-refractivity contribution in [3.63, 3.8) is 0 Å². The number of aromatic carboxylic acids is 1. The van der Waals surface area contributed by atoms with Crippen molar-refractivity contribution < 1.29 is 9.90 Å². The van der Waals surface area contributed by atoms with Crippen LogP contribution in [0.5, 0.6) is 0 Å². The molecule has 6 heteroatoms. The SMILES string of the molecule is CCCn1ccn(Cc2ccc(C(=O)O)s2)c1=O. The Morgan fingerprint density at radius 2 is 2.06 bits per heavy atom. The third-order valence-corrected chi connectivity index (χ3v) is 3.64. The average Bonchev–Trinajstić information content (AvgIpc) is 2.91. The van der Waals surface area contributed by atoms with Gasteiger partial charge in [-0.3, -0.25) is 9.13 Å². The van der Waals surface area contributed by atoms with Gasteiger partial charge in [-0.1, -0.05) is 6.92 Å². The Balaban J connectivity index is 2.18. The molecule has 0 saturated heterocycles. The standard InChI is InChI=1S/C12H14N2O3S/c1-2-5-13-6-7-14(12(13)17)8-9-3-4-10(18-9)11(15)16/h3-4,6-7H,2,5,8H2,1H3,(H,15,16). The highest BCUT2D eigenvalue weighted by atomic mass is 32.1. The molecule has 96 valence electrons. The van der Waals surface area contributed by atoms with Crippen molar-refractivity contribution in [2.75, 3.05) is 0 Å². The molecule has 0 saturated carbocycles. The molecule has 0 atom stereocenters. The maximum absolute atomic E-state index is 11.9. The highest BCUT2D eigenvalue weighted by molar-refractivity contribution is 7.13. The number of hydrogen-bond acceptors (Lipinski definition) is 3. The molecule has 5 nitrogen and oxygen atoms in total. The summed E-state index contributed by atoms with van der Waals surface area (Å²) in [7, 11) is 0. The fourth-order valence-electron chi connectivity index (χ4n) is 1.73. The van der Waals surface area contributed by atoms with Crippen LogP contribution < -0.4 is 5.69 Å². The molecule has 0 radical (unpaired) electrons.